The third-order valence-corrected chi connectivity index (χ3v) is 3.33. The third kappa shape index (κ3) is 2.60. The summed E-state index contributed by atoms with van der Waals surface area (Å²) < 4.78 is 38.3. The van der Waals surface area contributed by atoms with Crippen LogP contribution in [0.25, 0.3) is 0 Å². The summed E-state index contributed by atoms with van der Waals surface area (Å²) in [7, 11) is 0. The average molecular weight is 324 g/mol. The van der Waals surface area contributed by atoms with Crippen molar-refractivity contribution in [2.75, 3.05) is 0 Å². The fraction of sp³-hybridized carbons (Fsp3) is 0.364. The maximum atomic E-state index is 12.7. The van der Waals surface area contributed by atoms with E-state index in [4.69, 9.17) is 5.11 Å². The van der Waals surface area contributed by atoms with E-state index in [0.29, 0.717) is 18.4 Å². The van der Waals surface area contributed by atoms with Crippen LogP contribution in [0.3, 0.4) is 0 Å². The van der Waals surface area contributed by atoms with Crippen LogP contribution >= 0.6 is 15.9 Å². The van der Waals surface area contributed by atoms with Gasteiger partial charge in [0.1, 0.15) is 0 Å². The van der Waals surface area contributed by atoms with E-state index in [2.05, 4.69) is 21.2 Å². The van der Waals surface area contributed by atoms with Crippen LogP contribution < -0.4 is 5.32 Å². The monoisotopic (exact) mass is 323 g/mol. The number of carboxylic acid groups (broad SMARTS) is 1. The minimum absolute atomic E-state index is 0.283. The zero-order valence-electron chi connectivity index (χ0n) is 9.01. The van der Waals surface area contributed by atoms with Crippen molar-refractivity contribution in [1.29, 1.82) is 0 Å². The lowest BCUT2D eigenvalue weighted by Gasteiger charge is -2.18. The second-order valence-electron chi connectivity index (χ2n) is 4.24. The summed E-state index contributed by atoms with van der Waals surface area (Å²) in [4.78, 5) is 10.6. The number of nitrogens with one attached hydrogen (secondary N) is 1. The molecule has 1 aromatic carbocycles. The Hall–Kier alpha value is -1.24. The molecule has 0 spiro atoms. The fourth-order valence-electron chi connectivity index (χ4n) is 1.85. The molecule has 0 unspecified atom stereocenters. The van der Waals surface area contributed by atoms with Crippen molar-refractivity contribution in [2.24, 2.45) is 0 Å². The maximum absolute atomic E-state index is 12.7. The largest absolute Gasteiger partial charge is 0.465 e. The molecule has 0 aliphatic heterocycles. The minimum Gasteiger partial charge on any atom is -0.465 e. The predicted octanol–water partition coefficient (Wildman–Crippen LogP) is 3.72. The molecule has 0 saturated heterocycles. The molecule has 3 nitrogen and oxygen atoms in total. The molecule has 7 heteroatoms. The van der Waals surface area contributed by atoms with Crippen LogP contribution in [0.1, 0.15) is 24.0 Å². The van der Waals surface area contributed by atoms with Gasteiger partial charge in [-0.25, -0.2) is 4.79 Å². The van der Waals surface area contributed by atoms with Gasteiger partial charge in [0.15, 0.2) is 0 Å². The first-order valence-corrected chi connectivity index (χ1v) is 5.92. The van der Waals surface area contributed by atoms with Gasteiger partial charge in [0, 0.05) is 4.47 Å². The van der Waals surface area contributed by atoms with Crippen molar-refractivity contribution in [3.05, 3.63) is 33.8 Å². The summed E-state index contributed by atoms with van der Waals surface area (Å²) >= 11 is 3.02. The average Bonchev–Trinajstić information content (AvgIpc) is 2.95. The molecular weight excluding hydrogens is 315 g/mol. The molecule has 1 amide bonds. The Balaban J connectivity index is 2.40. The fourth-order valence-corrected chi connectivity index (χ4v) is 2.34. The van der Waals surface area contributed by atoms with Gasteiger partial charge >= 0.3 is 12.3 Å². The number of hydrogen-bond acceptors (Lipinski definition) is 1. The van der Waals surface area contributed by atoms with Crippen LogP contribution in [0.5, 0.6) is 0 Å². The second-order valence-corrected chi connectivity index (χ2v) is 5.15. The van der Waals surface area contributed by atoms with E-state index < -0.39 is 23.4 Å². The Labute approximate surface area is 109 Å². The molecule has 0 atom stereocenters. The number of benzene rings is 1. The molecule has 0 aromatic heterocycles. The molecule has 1 saturated carbocycles. The van der Waals surface area contributed by atoms with Gasteiger partial charge < -0.3 is 10.4 Å². The van der Waals surface area contributed by atoms with E-state index in [1.807, 2.05) is 0 Å². The van der Waals surface area contributed by atoms with Gasteiger partial charge in [-0.15, -0.1) is 0 Å². The molecule has 2 N–H and O–H groups in total. The number of rotatable bonds is 2. The first-order chi connectivity index (χ1) is 8.23. The number of carbonyl (C=O) groups is 1. The van der Waals surface area contributed by atoms with E-state index >= 15 is 0 Å². The van der Waals surface area contributed by atoms with Crippen molar-refractivity contribution in [1.82, 2.24) is 5.32 Å². The quantitative estimate of drug-likeness (QED) is 0.871. The molecule has 1 aliphatic carbocycles. The smallest absolute Gasteiger partial charge is 0.416 e. The van der Waals surface area contributed by atoms with E-state index in [9.17, 15) is 18.0 Å². The summed E-state index contributed by atoms with van der Waals surface area (Å²) in [6, 6.07) is 3.48. The van der Waals surface area contributed by atoms with Crippen LogP contribution in [-0.4, -0.2) is 11.2 Å². The van der Waals surface area contributed by atoms with Crippen molar-refractivity contribution in [3.8, 4) is 0 Å². The SMILES string of the molecule is O=C(O)NC1(c2cc(Br)cc(C(F)(F)F)c2)CC1. The van der Waals surface area contributed by atoms with Gasteiger partial charge in [0.05, 0.1) is 11.1 Å². The van der Waals surface area contributed by atoms with E-state index in [1.54, 1.807) is 0 Å². The zero-order chi connectivity index (χ0) is 13.6. The zero-order valence-corrected chi connectivity index (χ0v) is 10.6. The number of amides is 1. The van der Waals surface area contributed by atoms with Gasteiger partial charge in [-0.3, -0.25) is 0 Å². The second kappa shape index (κ2) is 4.15. The van der Waals surface area contributed by atoms with Crippen molar-refractivity contribution >= 4 is 22.0 Å². The molecule has 2 rings (SSSR count). The lowest BCUT2D eigenvalue weighted by Crippen LogP contribution is -2.33. The third-order valence-electron chi connectivity index (χ3n) is 2.87. The molecule has 98 valence electrons. The topological polar surface area (TPSA) is 49.3 Å². The number of halogens is 4. The van der Waals surface area contributed by atoms with Gasteiger partial charge in [0.25, 0.3) is 0 Å². The Morgan fingerprint density at radius 3 is 2.39 bits per heavy atom. The lowest BCUT2D eigenvalue weighted by atomic mass is 10.0. The predicted molar refractivity (Wildman–Crippen MR) is 61.2 cm³/mol. The molecule has 0 bridgehead atoms. The highest BCUT2D eigenvalue weighted by Crippen LogP contribution is 2.47. The van der Waals surface area contributed by atoms with Crippen molar-refractivity contribution in [3.63, 3.8) is 0 Å². The number of alkyl halides is 3. The molecule has 18 heavy (non-hydrogen) atoms. The highest BCUT2D eigenvalue weighted by atomic mass is 79.9. The molecule has 0 radical (unpaired) electrons. The van der Waals surface area contributed by atoms with Crippen molar-refractivity contribution < 1.29 is 23.1 Å². The first-order valence-electron chi connectivity index (χ1n) is 5.12. The Bertz CT molecular complexity index is 498. The summed E-state index contributed by atoms with van der Waals surface area (Å²) in [5.41, 5.74) is -1.31. The van der Waals surface area contributed by atoms with E-state index in [0.717, 1.165) is 12.1 Å². The standard InChI is InChI=1S/C11H9BrF3NO2/c12-8-4-6(3-7(5-8)11(13,14)15)10(1-2-10)16-9(17)18/h3-5,16H,1-2H2,(H,17,18). The summed E-state index contributed by atoms with van der Waals surface area (Å²) in [5, 5.41) is 11.0. The Morgan fingerprint density at radius 1 is 1.33 bits per heavy atom. The first kappa shape index (κ1) is 13.2. The highest BCUT2D eigenvalue weighted by molar-refractivity contribution is 9.10. The molecule has 0 heterocycles. The summed E-state index contributed by atoms with van der Waals surface area (Å²) in [5.74, 6) is 0. The molecule has 1 aliphatic rings. The Morgan fingerprint density at radius 2 is 1.94 bits per heavy atom. The van der Waals surface area contributed by atoms with Crippen LogP contribution in [0.15, 0.2) is 22.7 Å². The van der Waals surface area contributed by atoms with Gasteiger partial charge in [-0.05, 0) is 36.6 Å². The van der Waals surface area contributed by atoms with Gasteiger partial charge in [-0.2, -0.15) is 13.2 Å². The summed E-state index contributed by atoms with van der Waals surface area (Å²) in [6.45, 7) is 0. The number of hydrogen-bond donors (Lipinski definition) is 2. The van der Waals surface area contributed by atoms with E-state index in [1.165, 1.54) is 6.07 Å². The van der Waals surface area contributed by atoms with Crippen LogP contribution in [0.2, 0.25) is 0 Å². The minimum atomic E-state index is -4.45. The molecule has 1 aromatic rings. The molecular formula is C11H9BrF3NO2. The van der Waals surface area contributed by atoms with Crippen molar-refractivity contribution in [2.45, 2.75) is 24.6 Å². The highest BCUT2D eigenvalue weighted by Gasteiger charge is 2.47. The van der Waals surface area contributed by atoms with Gasteiger partial charge in [0.2, 0.25) is 0 Å². The van der Waals surface area contributed by atoms with Crippen LogP contribution in [0, 0.1) is 0 Å². The molecule has 1 fully saturated rings. The normalized spacial score (nSPS) is 17.3. The van der Waals surface area contributed by atoms with Crippen LogP contribution in [0.4, 0.5) is 18.0 Å². The summed E-state index contributed by atoms with van der Waals surface area (Å²) in [6.07, 6.45) is -4.67. The van der Waals surface area contributed by atoms with Crippen LogP contribution in [-0.2, 0) is 11.7 Å². The maximum Gasteiger partial charge on any atom is 0.416 e. The van der Waals surface area contributed by atoms with Gasteiger partial charge in [-0.1, -0.05) is 15.9 Å². The lowest BCUT2D eigenvalue weighted by molar-refractivity contribution is -0.137. The Kier molecular flexibility index (Phi) is 3.04. The van der Waals surface area contributed by atoms with E-state index in [-0.39, 0.29) is 4.47 Å².